The highest BCUT2D eigenvalue weighted by atomic mass is 35.5. The third-order valence-electron chi connectivity index (χ3n) is 2.46. The van der Waals surface area contributed by atoms with E-state index in [-0.39, 0.29) is 5.82 Å². The number of hydrogen-bond acceptors (Lipinski definition) is 4. The van der Waals surface area contributed by atoms with Crippen LogP contribution in [0.25, 0.3) is 0 Å². The second kappa shape index (κ2) is 5.93. The van der Waals surface area contributed by atoms with Gasteiger partial charge in [-0.05, 0) is 24.7 Å². The first-order valence-electron chi connectivity index (χ1n) is 5.59. The lowest BCUT2D eigenvalue weighted by Gasteiger charge is -2.00. The smallest absolute Gasteiger partial charge is 0.227 e. The monoisotopic (exact) mass is 269 g/mol. The summed E-state index contributed by atoms with van der Waals surface area (Å²) in [5.41, 5.74) is 0.777. The number of nitrogens with zero attached hydrogens (tertiary/aromatic N) is 2. The molecule has 0 bridgehead atoms. The molecule has 0 atom stereocenters. The summed E-state index contributed by atoms with van der Waals surface area (Å²) < 4.78 is 18.0. The Morgan fingerprint density at radius 2 is 2.28 bits per heavy atom. The van der Waals surface area contributed by atoms with Crippen LogP contribution < -0.4 is 5.32 Å². The molecule has 0 saturated carbocycles. The van der Waals surface area contributed by atoms with Crippen molar-refractivity contribution in [2.45, 2.75) is 12.8 Å². The van der Waals surface area contributed by atoms with E-state index in [1.807, 2.05) is 7.05 Å². The van der Waals surface area contributed by atoms with E-state index in [0.29, 0.717) is 29.6 Å². The molecule has 2 rings (SSSR count). The second-order valence-electron chi connectivity index (χ2n) is 3.87. The van der Waals surface area contributed by atoms with Crippen molar-refractivity contribution in [3.63, 3.8) is 0 Å². The molecular weight excluding hydrogens is 257 g/mol. The van der Waals surface area contributed by atoms with Crippen LogP contribution in [0.4, 0.5) is 4.39 Å². The quantitative estimate of drug-likeness (QED) is 0.904. The molecule has 0 aliphatic rings. The molecule has 0 fully saturated rings. The predicted octanol–water partition coefficient (Wildman–Crippen LogP) is 2.21. The minimum absolute atomic E-state index is 0.355. The Morgan fingerprint density at radius 3 is 3.00 bits per heavy atom. The minimum atomic E-state index is -0.355. The Bertz CT molecular complexity index is 530. The van der Waals surface area contributed by atoms with Gasteiger partial charge in [0.15, 0.2) is 5.82 Å². The van der Waals surface area contributed by atoms with E-state index in [2.05, 4.69) is 15.5 Å². The predicted molar refractivity (Wildman–Crippen MR) is 66.1 cm³/mol. The molecule has 0 aliphatic carbocycles. The Balaban J connectivity index is 2.06. The highest BCUT2D eigenvalue weighted by Gasteiger charge is 2.09. The van der Waals surface area contributed by atoms with Crippen LogP contribution in [0.1, 0.15) is 17.3 Å². The van der Waals surface area contributed by atoms with Gasteiger partial charge in [0.1, 0.15) is 5.82 Å². The fourth-order valence-corrected chi connectivity index (χ4v) is 1.76. The van der Waals surface area contributed by atoms with Gasteiger partial charge in [0.05, 0.1) is 0 Å². The summed E-state index contributed by atoms with van der Waals surface area (Å²) in [7, 11) is 1.86. The van der Waals surface area contributed by atoms with Gasteiger partial charge in [-0.15, -0.1) is 0 Å². The maximum absolute atomic E-state index is 12.9. The van der Waals surface area contributed by atoms with Crippen LogP contribution in [0, 0.1) is 5.82 Å². The molecule has 96 valence electrons. The Morgan fingerprint density at radius 1 is 1.44 bits per heavy atom. The number of halogens is 2. The molecule has 0 unspecified atom stereocenters. The summed E-state index contributed by atoms with van der Waals surface area (Å²) in [5.74, 6) is 0.777. The van der Waals surface area contributed by atoms with Crippen LogP contribution in [0.5, 0.6) is 0 Å². The van der Waals surface area contributed by atoms with E-state index in [0.717, 1.165) is 12.1 Å². The molecule has 18 heavy (non-hydrogen) atoms. The first-order valence-corrected chi connectivity index (χ1v) is 5.97. The van der Waals surface area contributed by atoms with Crippen LogP contribution >= 0.6 is 11.6 Å². The molecule has 6 heteroatoms. The van der Waals surface area contributed by atoms with Gasteiger partial charge in [0.2, 0.25) is 5.89 Å². The highest BCUT2D eigenvalue weighted by molar-refractivity contribution is 6.31. The lowest BCUT2D eigenvalue weighted by atomic mass is 10.1. The maximum Gasteiger partial charge on any atom is 0.227 e. The van der Waals surface area contributed by atoms with Crippen LogP contribution in [0.15, 0.2) is 22.7 Å². The van der Waals surface area contributed by atoms with Crippen LogP contribution in [0.3, 0.4) is 0 Å². The van der Waals surface area contributed by atoms with Gasteiger partial charge >= 0.3 is 0 Å². The van der Waals surface area contributed by atoms with E-state index in [9.17, 15) is 4.39 Å². The maximum atomic E-state index is 12.9. The van der Waals surface area contributed by atoms with Crippen molar-refractivity contribution in [3.05, 3.63) is 46.3 Å². The van der Waals surface area contributed by atoms with Crippen LogP contribution in [-0.4, -0.2) is 23.7 Å². The molecule has 1 N–H and O–H groups in total. The molecule has 0 aliphatic heterocycles. The topological polar surface area (TPSA) is 51.0 Å². The summed E-state index contributed by atoms with van der Waals surface area (Å²) in [6.07, 6.45) is 1.11. The molecule has 1 aromatic heterocycles. The minimum Gasteiger partial charge on any atom is -0.339 e. The fourth-order valence-electron chi connectivity index (χ4n) is 1.53. The number of benzene rings is 1. The molecule has 0 spiro atoms. The zero-order chi connectivity index (χ0) is 13.0. The van der Waals surface area contributed by atoms with Gasteiger partial charge in [-0.3, -0.25) is 0 Å². The van der Waals surface area contributed by atoms with E-state index in [4.69, 9.17) is 16.1 Å². The normalized spacial score (nSPS) is 10.8. The number of likely N-dealkylation sites (N-methyl/N-ethyl adjacent to an activating group) is 1. The number of rotatable bonds is 5. The molecular formula is C12H13ClFN3O. The zero-order valence-electron chi connectivity index (χ0n) is 9.91. The van der Waals surface area contributed by atoms with Crippen molar-refractivity contribution in [1.82, 2.24) is 15.5 Å². The van der Waals surface area contributed by atoms with E-state index >= 15 is 0 Å². The summed E-state index contributed by atoms with van der Waals surface area (Å²) >= 11 is 5.93. The van der Waals surface area contributed by atoms with Crippen molar-refractivity contribution in [2.24, 2.45) is 0 Å². The van der Waals surface area contributed by atoms with Crippen LogP contribution in [0.2, 0.25) is 5.02 Å². The lowest BCUT2D eigenvalue weighted by Crippen LogP contribution is -2.10. The molecule has 0 radical (unpaired) electrons. The van der Waals surface area contributed by atoms with E-state index < -0.39 is 0 Å². The Hall–Kier alpha value is -1.46. The third kappa shape index (κ3) is 3.27. The standard InChI is InChI=1S/C12H13ClFN3O/c1-15-5-4-12-16-11(17-18-12)6-8-2-3-9(14)7-10(8)13/h2-3,7,15H,4-6H2,1H3. The van der Waals surface area contributed by atoms with Gasteiger partial charge in [0, 0.05) is 24.4 Å². The molecule has 1 aromatic carbocycles. The average molecular weight is 270 g/mol. The number of aromatic nitrogens is 2. The SMILES string of the molecule is CNCCc1nc(Cc2ccc(F)cc2Cl)no1. The summed E-state index contributed by atoms with van der Waals surface area (Å²) in [5, 5.41) is 7.23. The van der Waals surface area contributed by atoms with Gasteiger partial charge < -0.3 is 9.84 Å². The molecule has 0 saturated heterocycles. The third-order valence-corrected chi connectivity index (χ3v) is 2.81. The molecule has 2 aromatic rings. The summed E-state index contributed by atoms with van der Waals surface area (Å²) in [6, 6.07) is 4.27. The Kier molecular flexibility index (Phi) is 4.28. The number of hydrogen-bond donors (Lipinski definition) is 1. The zero-order valence-corrected chi connectivity index (χ0v) is 10.7. The second-order valence-corrected chi connectivity index (χ2v) is 4.28. The van der Waals surface area contributed by atoms with Gasteiger partial charge in [-0.1, -0.05) is 22.8 Å². The summed E-state index contributed by atoms with van der Waals surface area (Å²) in [4.78, 5) is 4.24. The van der Waals surface area contributed by atoms with Gasteiger partial charge in [0.25, 0.3) is 0 Å². The summed E-state index contributed by atoms with van der Waals surface area (Å²) in [6.45, 7) is 0.777. The molecule has 4 nitrogen and oxygen atoms in total. The highest BCUT2D eigenvalue weighted by Crippen LogP contribution is 2.19. The van der Waals surface area contributed by atoms with Crippen LogP contribution in [-0.2, 0) is 12.8 Å². The first-order chi connectivity index (χ1) is 8.69. The lowest BCUT2D eigenvalue weighted by molar-refractivity contribution is 0.372. The van der Waals surface area contributed by atoms with Crippen molar-refractivity contribution in [1.29, 1.82) is 0 Å². The van der Waals surface area contributed by atoms with E-state index in [1.54, 1.807) is 6.07 Å². The van der Waals surface area contributed by atoms with E-state index in [1.165, 1.54) is 12.1 Å². The Labute approximate surface area is 109 Å². The van der Waals surface area contributed by atoms with Gasteiger partial charge in [-0.2, -0.15) is 4.98 Å². The molecule has 0 amide bonds. The average Bonchev–Trinajstić information content (AvgIpc) is 2.78. The van der Waals surface area contributed by atoms with Crippen molar-refractivity contribution >= 4 is 11.6 Å². The molecule has 1 heterocycles. The first kappa shape index (κ1) is 13.0. The van der Waals surface area contributed by atoms with Crippen molar-refractivity contribution < 1.29 is 8.91 Å². The van der Waals surface area contributed by atoms with Crippen molar-refractivity contribution in [3.8, 4) is 0 Å². The largest absolute Gasteiger partial charge is 0.339 e. The van der Waals surface area contributed by atoms with Crippen molar-refractivity contribution in [2.75, 3.05) is 13.6 Å². The fraction of sp³-hybridized carbons (Fsp3) is 0.333. The van der Waals surface area contributed by atoms with Gasteiger partial charge in [-0.25, -0.2) is 4.39 Å². The number of nitrogens with one attached hydrogen (secondary N) is 1.